The molecular formula is C25H18Cl2FN3O3. The van der Waals surface area contributed by atoms with Crippen molar-refractivity contribution in [1.29, 1.82) is 5.26 Å². The van der Waals surface area contributed by atoms with E-state index in [1.165, 1.54) is 36.4 Å². The molecule has 0 unspecified atom stereocenters. The van der Waals surface area contributed by atoms with Crippen molar-refractivity contribution in [1.82, 2.24) is 0 Å². The van der Waals surface area contributed by atoms with Crippen LogP contribution in [0.2, 0.25) is 10.0 Å². The predicted molar refractivity (Wildman–Crippen MR) is 130 cm³/mol. The lowest BCUT2D eigenvalue weighted by Crippen LogP contribution is -2.20. The first-order chi connectivity index (χ1) is 16.3. The van der Waals surface area contributed by atoms with Crippen LogP contribution in [0.15, 0.2) is 66.2 Å². The fraction of sp³-hybridized carbons (Fsp3) is 0.0800. The Morgan fingerprint density at radius 2 is 1.76 bits per heavy atom. The summed E-state index contributed by atoms with van der Waals surface area (Å²) in [6.07, 6.45) is 1.37. The van der Waals surface area contributed by atoms with Crippen LogP contribution in [-0.2, 0) is 9.59 Å². The molecule has 0 fully saturated rings. The molecule has 0 radical (unpaired) electrons. The van der Waals surface area contributed by atoms with E-state index < -0.39 is 24.2 Å². The molecule has 0 aromatic heterocycles. The summed E-state index contributed by atoms with van der Waals surface area (Å²) >= 11 is 12.3. The lowest BCUT2D eigenvalue weighted by Gasteiger charge is -2.10. The first kappa shape index (κ1) is 24.8. The van der Waals surface area contributed by atoms with E-state index in [-0.39, 0.29) is 22.0 Å². The first-order valence-corrected chi connectivity index (χ1v) is 10.7. The number of hydrogen-bond acceptors (Lipinski definition) is 4. The van der Waals surface area contributed by atoms with E-state index in [9.17, 15) is 19.2 Å². The molecule has 0 aliphatic rings. The number of halogens is 3. The Bertz CT molecular complexity index is 1320. The summed E-state index contributed by atoms with van der Waals surface area (Å²) < 4.78 is 19.0. The first-order valence-electron chi connectivity index (χ1n) is 9.93. The molecule has 172 valence electrons. The zero-order chi connectivity index (χ0) is 24.7. The van der Waals surface area contributed by atoms with Crippen LogP contribution in [0.25, 0.3) is 6.08 Å². The Morgan fingerprint density at radius 1 is 1.03 bits per heavy atom. The number of rotatable bonds is 7. The number of nitrogens with zero attached hydrogens (tertiary/aromatic N) is 1. The second-order valence-corrected chi connectivity index (χ2v) is 7.86. The SMILES string of the molecule is Cc1c(Cl)cccc1NC(=O)C(C#N)=Cc1ccc(OCC(=O)Nc2ccccc2F)c(Cl)c1. The molecule has 6 nitrogen and oxygen atoms in total. The second kappa shape index (κ2) is 11.3. The third-order valence-electron chi connectivity index (χ3n) is 4.65. The molecule has 0 heterocycles. The maximum absolute atomic E-state index is 13.6. The van der Waals surface area contributed by atoms with Gasteiger partial charge in [-0.05, 0) is 60.5 Å². The molecule has 0 aliphatic carbocycles. The van der Waals surface area contributed by atoms with Gasteiger partial charge in [0.25, 0.3) is 11.8 Å². The standard InChI is InChI=1S/C25H18Cl2FN3O3/c1-15-18(26)5-4-8-21(15)31-25(33)17(13-29)11-16-9-10-23(19(27)12-16)34-14-24(32)30-22-7-3-2-6-20(22)28/h2-12H,14H2,1H3,(H,30,32)(H,31,33). The third kappa shape index (κ3) is 6.35. The number of carbonyl (C=O) groups is 2. The average molecular weight is 498 g/mol. The van der Waals surface area contributed by atoms with Crippen LogP contribution in [0.3, 0.4) is 0 Å². The van der Waals surface area contributed by atoms with Crippen molar-refractivity contribution in [3.8, 4) is 11.8 Å². The predicted octanol–water partition coefficient (Wildman–Crippen LogP) is 6.00. The molecule has 2 N–H and O–H groups in total. The van der Waals surface area contributed by atoms with E-state index in [4.69, 9.17) is 27.9 Å². The highest BCUT2D eigenvalue weighted by atomic mass is 35.5. The number of para-hydroxylation sites is 1. The summed E-state index contributed by atoms with van der Waals surface area (Å²) in [5, 5.41) is 15.2. The Morgan fingerprint density at radius 3 is 2.47 bits per heavy atom. The largest absolute Gasteiger partial charge is 0.482 e. The number of ether oxygens (including phenoxy) is 1. The molecule has 3 rings (SSSR count). The molecule has 0 saturated heterocycles. The van der Waals surface area contributed by atoms with Gasteiger partial charge in [0, 0.05) is 10.7 Å². The van der Waals surface area contributed by atoms with E-state index in [2.05, 4.69) is 10.6 Å². The second-order valence-electron chi connectivity index (χ2n) is 7.04. The number of hydrogen-bond donors (Lipinski definition) is 2. The molecule has 0 spiro atoms. The molecule has 0 atom stereocenters. The highest BCUT2D eigenvalue weighted by Gasteiger charge is 2.13. The molecule has 2 amide bonds. The molecular weight excluding hydrogens is 480 g/mol. The Labute approximate surface area is 205 Å². The minimum Gasteiger partial charge on any atom is -0.482 e. The number of amides is 2. The molecule has 9 heteroatoms. The monoisotopic (exact) mass is 497 g/mol. The van der Waals surface area contributed by atoms with E-state index in [1.807, 2.05) is 6.07 Å². The van der Waals surface area contributed by atoms with Gasteiger partial charge in [-0.25, -0.2) is 4.39 Å². The third-order valence-corrected chi connectivity index (χ3v) is 5.36. The van der Waals surface area contributed by atoms with Crippen molar-refractivity contribution in [2.75, 3.05) is 17.2 Å². The fourth-order valence-electron chi connectivity index (χ4n) is 2.86. The minimum absolute atomic E-state index is 0.0398. The van der Waals surface area contributed by atoms with Crippen LogP contribution in [0.4, 0.5) is 15.8 Å². The van der Waals surface area contributed by atoms with Gasteiger partial charge in [0.2, 0.25) is 0 Å². The Kier molecular flexibility index (Phi) is 8.25. The summed E-state index contributed by atoms with van der Waals surface area (Å²) in [5.74, 6) is -1.52. The molecule has 0 saturated carbocycles. The van der Waals surface area contributed by atoms with E-state index in [1.54, 1.807) is 37.3 Å². The average Bonchev–Trinajstić information content (AvgIpc) is 2.81. The Hall–Kier alpha value is -3.86. The number of nitriles is 1. The lowest BCUT2D eigenvalue weighted by atomic mass is 10.1. The van der Waals surface area contributed by atoms with Gasteiger partial charge in [-0.15, -0.1) is 0 Å². The molecule has 3 aromatic carbocycles. The van der Waals surface area contributed by atoms with Crippen molar-refractivity contribution in [2.45, 2.75) is 6.92 Å². The normalized spacial score (nSPS) is 10.9. The fourth-order valence-corrected chi connectivity index (χ4v) is 3.28. The summed E-state index contributed by atoms with van der Waals surface area (Å²) in [4.78, 5) is 24.6. The van der Waals surface area contributed by atoms with Gasteiger partial charge in [0.1, 0.15) is 23.2 Å². The van der Waals surface area contributed by atoms with Crippen LogP contribution < -0.4 is 15.4 Å². The number of carbonyl (C=O) groups excluding carboxylic acids is 2. The summed E-state index contributed by atoms with van der Waals surface area (Å²) in [7, 11) is 0. The summed E-state index contributed by atoms with van der Waals surface area (Å²) in [6, 6.07) is 17.3. The quantitative estimate of drug-likeness (QED) is 0.309. The van der Waals surface area contributed by atoms with Crippen LogP contribution in [0.5, 0.6) is 5.75 Å². The van der Waals surface area contributed by atoms with Crippen LogP contribution in [0, 0.1) is 24.1 Å². The highest BCUT2D eigenvalue weighted by Crippen LogP contribution is 2.27. The number of anilines is 2. The summed E-state index contributed by atoms with van der Waals surface area (Å²) in [5.41, 5.74) is 1.54. The van der Waals surface area contributed by atoms with Gasteiger partial charge < -0.3 is 15.4 Å². The maximum Gasteiger partial charge on any atom is 0.266 e. The Balaban J connectivity index is 1.66. The maximum atomic E-state index is 13.6. The van der Waals surface area contributed by atoms with Gasteiger partial charge in [-0.2, -0.15) is 5.26 Å². The van der Waals surface area contributed by atoms with Gasteiger partial charge in [-0.3, -0.25) is 9.59 Å². The lowest BCUT2D eigenvalue weighted by molar-refractivity contribution is -0.118. The van der Waals surface area contributed by atoms with Crippen molar-refractivity contribution in [3.63, 3.8) is 0 Å². The van der Waals surface area contributed by atoms with Gasteiger partial charge in [-0.1, -0.05) is 47.5 Å². The van der Waals surface area contributed by atoms with Gasteiger partial charge >= 0.3 is 0 Å². The highest BCUT2D eigenvalue weighted by molar-refractivity contribution is 6.32. The van der Waals surface area contributed by atoms with Crippen molar-refractivity contribution in [2.24, 2.45) is 0 Å². The van der Waals surface area contributed by atoms with E-state index >= 15 is 0 Å². The summed E-state index contributed by atoms with van der Waals surface area (Å²) in [6.45, 7) is 1.36. The smallest absolute Gasteiger partial charge is 0.266 e. The zero-order valence-electron chi connectivity index (χ0n) is 17.9. The van der Waals surface area contributed by atoms with Crippen LogP contribution in [0.1, 0.15) is 11.1 Å². The molecule has 0 aliphatic heterocycles. The number of nitrogens with one attached hydrogen (secondary N) is 2. The minimum atomic E-state index is -0.603. The zero-order valence-corrected chi connectivity index (χ0v) is 19.4. The van der Waals surface area contributed by atoms with Gasteiger partial charge in [0.05, 0.1) is 10.7 Å². The van der Waals surface area contributed by atoms with E-state index in [0.717, 1.165) is 0 Å². The van der Waals surface area contributed by atoms with Crippen molar-refractivity contribution >= 4 is 52.5 Å². The molecule has 34 heavy (non-hydrogen) atoms. The van der Waals surface area contributed by atoms with Gasteiger partial charge in [0.15, 0.2) is 6.61 Å². The molecule has 3 aromatic rings. The van der Waals surface area contributed by atoms with E-state index in [0.29, 0.717) is 21.8 Å². The van der Waals surface area contributed by atoms with Crippen molar-refractivity contribution < 1.29 is 18.7 Å². The van der Waals surface area contributed by atoms with Crippen molar-refractivity contribution in [3.05, 3.63) is 93.2 Å². The van der Waals surface area contributed by atoms with Crippen LogP contribution in [-0.4, -0.2) is 18.4 Å². The molecule has 0 bridgehead atoms. The van der Waals surface area contributed by atoms with Crippen LogP contribution >= 0.6 is 23.2 Å². The topological polar surface area (TPSA) is 91.2 Å². The number of benzene rings is 3.